The summed E-state index contributed by atoms with van der Waals surface area (Å²) in [5.74, 6) is 0.966. The Morgan fingerprint density at radius 2 is 1.72 bits per heavy atom. The number of carbonyl (C=O) groups is 1. The fraction of sp³-hybridized carbons (Fsp3) is 0.190. The molecule has 4 rings (SSSR count). The van der Waals surface area contributed by atoms with E-state index in [1.54, 1.807) is 0 Å². The Morgan fingerprint density at radius 3 is 2.48 bits per heavy atom. The largest absolute Gasteiger partial charge is 0.480 e. The van der Waals surface area contributed by atoms with Gasteiger partial charge in [-0.2, -0.15) is 0 Å². The number of fused-ring (bicyclic) bond motifs is 1. The molecule has 4 heteroatoms. The summed E-state index contributed by atoms with van der Waals surface area (Å²) < 4.78 is 7.17. The van der Waals surface area contributed by atoms with Crippen LogP contribution in [0.5, 0.6) is 5.75 Å². The van der Waals surface area contributed by atoms with E-state index >= 15 is 0 Å². The van der Waals surface area contributed by atoms with E-state index in [-0.39, 0.29) is 11.8 Å². The molecule has 126 valence electrons. The minimum absolute atomic E-state index is 0.0854. The molecule has 0 saturated heterocycles. The van der Waals surface area contributed by atoms with Gasteiger partial charge in [0.2, 0.25) is 0 Å². The molecule has 0 bridgehead atoms. The lowest BCUT2D eigenvalue weighted by atomic mass is 10.1. The summed E-state index contributed by atoms with van der Waals surface area (Å²) in [7, 11) is 0. The average Bonchev–Trinajstić information content (AvgIpc) is 3.46. The molecular formula is C21H18BrNO2. The SMILES string of the molecule is O=C(Nc1ccc(Br)cc1)C(Oc1cccc2ccccc12)C1CC1. The van der Waals surface area contributed by atoms with Gasteiger partial charge in [-0.3, -0.25) is 4.79 Å². The molecular weight excluding hydrogens is 378 g/mol. The lowest BCUT2D eigenvalue weighted by Gasteiger charge is -2.19. The highest BCUT2D eigenvalue weighted by Crippen LogP contribution is 2.37. The summed E-state index contributed by atoms with van der Waals surface area (Å²) in [6.07, 6.45) is 1.60. The topological polar surface area (TPSA) is 38.3 Å². The molecule has 1 aliphatic rings. The number of hydrogen-bond donors (Lipinski definition) is 1. The van der Waals surface area contributed by atoms with E-state index in [4.69, 9.17) is 4.74 Å². The minimum atomic E-state index is -0.463. The molecule has 1 N–H and O–H groups in total. The number of ether oxygens (including phenoxy) is 1. The van der Waals surface area contributed by atoms with Crippen LogP contribution < -0.4 is 10.1 Å². The van der Waals surface area contributed by atoms with Crippen LogP contribution in [0.25, 0.3) is 10.8 Å². The Bertz CT molecular complexity index is 898. The first-order valence-corrected chi connectivity index (χ1v) is 9.21. The molecule has 1 unspecified atom stereocenters. The van der Waals surface area contributed by atoms with Gasteiger partial charge in [-0.05, 0) is 48.6 Å². The second-order valence-corrected chi connectivity index (χ2v) is 7.26. The number of carbonyl (C=O) groups excluding carboxylic acids is 1. The Labute approximate surface area is 155 Å². The predicted octanol–water partition coefficient (Wildman–Crippen LogP) is 5.40. The summed E-state index contributed by atoms with van der Waals surface area (Å²) in [6, 6.07) is 21.6. The van der Waals surface area contributed by atoms with Crippen molar-refractivity contribution in [3.63, 3.8) is 0 Å². The molecule has 3 aromatic rings. The lowest BCUT2D eigenvalue weighted by molar-refractivity contribution is -0.123. The monoisotopic (exact) mass is 395 g/mol. The van der Waals surface area contributed by atoms with E-state index in [2.05, 4.69) is 33.4 Å². The van der Waals surface area contributed by atoms with Crippen LogP contribution in [0.3, 0.4) is 0 Å². The zero-order chi connectivity index (χ0) is 17.2. The van der Waals surface area contributed by atoms with Gasteiger partial charge in [0.05, 0.1) is 0 Å². The molecule has 0 spiro atoms. The zero-order valence-electron chi connectivity index (χ0n) is 13.6. The molecule has 0 heterocycles. The van der Waals surface area contributed by atoms with Gasteiger partial charge in [-0.1, -0.05) is 52.3 Å². The van der Waals surface area contributed by atoms with Gasteiger partial charge in [0, 0.05) is 21.5 Å². The fourth-order valence-electron chi connectivity index (χ4n) is 2.94. The van der Waals surface area contributed by atoms with Crippen molar-refractivity contribution in [3.8, 4) is 5.75 Å². The second kappa shape index (κ2) is 6.89. The number of benzene rings is 3. The van der Waals surface area contributed by atoms with Crippen LogP contribution in [0.2, 0.25) is 0 Å². The van der Waals surface area contributed by atoms with E-state index in [0.29, 0.717) is 0 Å². The van der Waals surface area contributed by atoms with Crippen molar-refractivity contribution < 1.29 is 9.53 Å². The summed E-state index contributed by atoms with van der Waals surface area (Å²) >= 11 is 3.40. The van der Waals surface area contributed by atoms with Gasteiger partial charge < -0.3 is 10.1 Å². The highest BCUT2D eigenvalue weighted by Gasteiger charge is 2.38. The molecule has 0 radical (unpaired) electrons. The lowest BCUT2D eigenvalue weighted by Crippen LogP contribution is -2.34. The quantitative estimate of drug-likeness (QED) is 0.627. The van der Waals surface area contributed by atoms with Crippen molar-refractivity contribution >= 4 is 38.3 Å². The van der Waals surface area contributed by atoms with E-state index < -0.39 is 6.10 Å². The van der Waals surface area contributed by atoms with Gasteiger partial charge in [0.1, 0.15) is 5.75 Å². The molecule has 0 aliphatic heterocycles. The van der Waals surface area contributed by atoms with Gasteiger partial charge in [-0.15, -0.1) is 0 Å². The first-order chi connectivity index (χ1) is 12.2. The maximum absolute atomic E-state index is 12.8. The fourth-order valence-corrected chi connectivity index (χ4v) is 3.21. The third kappa shape index (κ3) is 3.69. The van der Waals surface area contributed by atoms with Crippen LogP contribution in [0.1, 0.15) is 12.8 Å². The van der Waals surface area contributed by atoms with E-state index in [0.717, 1.165) is 39.5 Å². The van der Waals surface area contributed by atoms with Gasteiger partial charge in [0.15, 0.2) is 6.10 Å². The third-order valence-corrected chi connectivity index (χ3v) is 4.95. The first kappa shape index (κ1) is 16.2. The molecule has 1 amide bonds. The number of rotatable bonds is 5. The first-order valence-electron chi connectivity index (χ1n) is 8.41. The zero-order valence-corrected chi connectivity index (χ0v) is 15.2. The molecule has 3 aromatic carbocycles. The molecule has 1 fully saturated rings. The smallest absolute Gasteiger partial charge is 0.265 e. The van der Waals surface area contributed by atoms with Crippen LogP contribution in [-0.4, -0.2) is 12.0 Å². The summed E-state index contributed by atoms with van der Waals surface area (Å²) in [6.45, 7) is 0. The van der Waals surface area contributed by atoms with Crippen LogP contribution in [0.4, 0.5) is 5.69 Å². The Kier molecular flexibility index (Phi) is 4.45. The van der Waals surface area contributed by atoms with Crippen molar-refractivity contribution in [2.75, 3.05) is 5.32 Å². The number of amides is 1. The van der Waals surface area contributed by atoms with Gasteiger partial charge in [0.25, 0.3) is 5.91 Å². The molecule has 1 atom stereocenters. The highest BCUT2D eigenvalue weighted by atomic mass is 79.9. The van der Waals surface area contributed by atoms with Crippen LogP contribution in [0.15, 0.2) is 71.2 Å². The van der Waals surface area contributed by atoms with Crippen molar-refractivity contribution in [2.45, 2.75) is 18.9 Å². The Balaban J connectivity index is 1.57. The summed E-state index contributed by atoms with van der Waals surface area (Å²) in [5.41, 5.74) is 0.778. The van der Waals surface area contributed by atoms with Crippen molar-refractivity contribution in [1.29, 1.82) is 0 Å². The number of halogens is 1. The third-order valence-electron chi connectivity index (χ3n) is 4.42. The Morgan fingerprint density at radius 1 is 1.00 bits per heavy atom. The molecule has 3 nitrogen and oxygen atoms in total. The standard InChI is InChI=1S/C21H18BrNO2/c22-16-10-12-17(13-11-16)23-21(24)20(15-8-9-15)25-19-7-3-5-14-4-1-2-6-18(14)19/h1-7,10-13,15,20H,8-9H2,(H,23,24). The number of anilines is 1. The normalized spacial score (nSPS) is 14.9. The van der Waals surface area contributed by atoms with E-state index in [1.807, 2.05) is 54.6 Å². The Hall–Kier alpha value is -2.33. The summed E-state index contributed by atoms with van der Waals surface area (Å²) in [5, 5.41) is 5.12. The molecule has 1 aliphatic carbocycles. The van der Waals surface area contributed by atoms with Crippen LogP contribution in [-0.2, 0) is 4.79 Å². The van der Waals surface area contributed by atoms with Gasteiger partial charge >= 0.3 is 0 Å². The maximum atomic E-state index is 12.8. The maximum Gasteiger partial charge on any atom is 0.265 e. The molecule has 25 heavy (non-hydrogen) atoms. The van der Waals surface area contributed by atoms with Gasteiger partial charge in [-0.25, -0.2) is 0 Å². The van der Waals surface area contributed by atoms with E-state index in [1.165, 1.54) is 0 Å². The number of hydrogen-bond acceptors (Lipinski definition) is 2. The molecule has 0 aromatic heterocycles. The predicted molar refractivity (Wildman–Crippen MR) is 104 cm³/mol. The van der Waals surface area contributed by atoms with E-state index in [9.17, 15) is 4.79 Å². The number of nitrogens with one attached hydrogen (secondary N) is 1. The van der Waals surface area contributed by atoms with Crippen LogP contribution >= 0.6 is 15.9 Å². The minimum Gasteiger partial charge on any atom is -0.480 e. The average molecular weight is 396 g/mol. The van der Waals surface area contributed by atoms with Crippen molar-refractivity contribution in [2.24, 2.45) is 5.92 Å². The second-order valence-electron chi connectivity index (χ2n) is 6.35. The highest BCUT2D eigenvalue weighted by molar-refractivity contribution is 9.10. The van der Waals surface area contributed by atoms with Crippen molar-refractivity contribution in [1.82, 2.24) is 0 Å². The van der Waals surface area contributed by atoms with Crippen LogP contribution in [0, 0.1) is 5.92 Å². The van der Waals surface area contributed by atoms with Crippen molar-refractivity contribution in [3.05, 3.63) is 71.2 Å². The summed E-state index contributed by atoms with van der Waals surface area (Å²) in [4.78, 5) is 12.8. The molecule has 1 saturated carbocycles.